The molecule has 1 unspecified atom stereocenters. The molecule has 0 saturated carbocycles. The molecular weight excluding hydrogens is 338 g/mol. The van der Waals surface area contributed by atoms with Crippen molar-refractivity contribution < 1.29 is 18.3 Å². The third kappa shape index (κ3) is 4.57. The lowest BCUT2D eigenvalue weighted by Crippen LogP contribution is -2.43. The van der Waals surface area contributed by atoms with E-state index >= 15 is 0 Å². The largest absolute Gasteiger partial charge is 0.435 e. The van der Waals surface area contributed by atoms with E-state index in [2.05, 4.69) is 10.1 Å². The Balaban J connectivity index is 0.00000208. The van der Waals surface area contributed by atoms with Crippen LogP contribution in [0.5, 0.6) is 5.75 Å². The minimum absolute atomic E-state index is 0. The van der Waals surface area contributed by atoms with E-state index in [9.17, 15) is 13.6 Å². The number of likely N-dealkylation sites (tertiary alicyclic amines) is 1. The fraction of sp³-hybridized carbons (Fsp3) is 0.588. The maximum Gasteiger partial charge on any atom is 0.387 e. The Kier molecular flexibility index (Phi) is 6.80. The van der Waals surface area contributed by atoms with Gasteiger partial charge in [-0.15, -0.1) is 12.4 Å². The second-order valence-corrected chi connectivity index (χ2v) is 6.24. The molecule has 2 heterocycles. The Morgan fingerprint density at radius 3 is 2.38 bits per heavy atom. The Morgan fingerprint density at radius 1 is 1.17 bits per heavy atom. The molecule has 0 radical (unpaired) electrons. The summed E-state index contributed by atoms with van der Waals surface area (Å²) in [4.78, 5) is 14.3. The number of alkyl halides is 2. The number of hydrogen-bond acceptors (Lipinski definition) is 3. The Hall–Kier alpha value is -1.40. The average Bonchev–Trinajstić information content (AvgIpc) is 3.09. The van der Waals surface area contributed by atoms with Gasteiger partial charge in [0.2, 0.25) is 0 Å². The minimum Gasteiger partial charge on any atom is -0.435 e. The molecule has 1 amide bonds. The van der Waals surface area contributed by atoms with Crippen molar-refractivity contribution in [1.82, 2.24) is 10.2 Å². The highest BCUT2D eigenvalue weighted by atomic mass is 35.5. The zero-order chi connectivity index (χ0) is 16.2. The van der Waals surface area contributed by atoms with Crippen LogP contribution in [0, 0.1) is 5.92 Å². The first-order valence-corrected chi connectivity index (χ1v) is 8.21. The number of rotatable bonds is 4. The van der Waals surface area contributed by atoms with Crippen LogP contribution in [0.2, 0.25) is 0 Å². The van der Waals surface area contributed by atoms with E-state index in [0.29, 0.717) is 17.5 Å². The lowest BCUT2D eigenvalue weighted by molar-refractivity contribution is -0.0498. The molecule has 0 aliphatic carbocycles. The number of carbonyl (C=O) groups is 1. The molecule has 0 bridgehead atoms. The van der Waals surface area contributed by atoms with Gasteiger partial charge < -0.3 is 15.0 Å². The van der Waals surface area contributed by atoms with Crippen molar-refractivity contribution in [2.75, 3.05) is 19.6 Å². The van der Waals surface area contributed by atoms with E-state index in [0.717, 1.165) is 32.5 Å². The first kappa shape index (κ1) is 18.9. The molecule has 2 aliphatic heterocycles. The van der Waals surface area contributed by atoms with E-state index < -0.39 is 6.61 Å². The van der Waals surface area contributed by atoms with Crippen molar-refractivity contribution in [3.8, 4) is 5.75 Å². The summed E-state index contributed by atoms with van der Waals surface area (Å²) >= 11 is 0. The monoisotopic (exact) mass is 360 g/mol. The van der Waals surface area contributed by atoms with Crippen molar-refractivity contribution >= 4 is 18.3 Å². The number of carbonyl (C=O) groups excluding carboxylic acids is 1. The molecule has 7 heteroatoms. The van der Waals surface area contributed by atoms with Crippen LogP contribution in [0.1, 0.15) is 36.0 Å². The van der Waals surface area contributed by atoms with Gasteiger partial charge in [-0.3, -0.25) is 4.79 Å². The first-order chi connectivity index (χ1) is 11.1. The number of halogens is 3. The van der Waals surface area contributed by atoms with Gasteiger partial charge in [-0.25, -0.2) is 0 Å². The summed E-state index contributed by atoms with van der Waals surface area (Å²) in [5.41, 5.74) is 0.518. The normalized spacial score (nSPS) is 21.6. The highest BCUT2D eigenvalue weighted by Gasteiger charge is 2.30. The number of piperidine rings is 1. The van der Waals surface area contributed by atoms with Crippen LogP contribution in [0.4, 0.5) is 8.78 Å². The molecule has 0 aromatic heterocycles. The molecule has 2 aliphatic rings. The molecule has 1 aromatic rings. The van der Waals surface area contributed by atoms with Crippen LogP contribution in [0.3, 0.4) is 0 Å². The van der Waals surface area contributed by atoms with Crippen molar-refractivity contribution in [2.45, 2.75) is 38.3 Å². The summed E-state index contributed by atoms with van der Waals surface area (Å²) in [6, 6.07) is 6.52. The topological polar surface area (TPSA) is 41.6 Å². The van der Waals surface area contributed by atoms with Gasteiger partial charge in [0.05, 0.1) is 0 Å². The van der Waals surface area contributed by atoms with Crippen molar-refractivity contribution in [2.24, 2.45) is 5.92 Å². The van der Waals surface area contributed by atoms with Gasteiger partial charge in [0.15, 0.2) is 0 Å². The molecule has 1 atom stereocenters. The second-order valence-electron chi connectivity index (χ2n) is 6.24. The lowest BCUT2D eigenvalue weighted by atomic mass is 9.88. The van der Waals surface area contributed by atoms with Gasteiger partial charge in [-0.05, 0) is 62.4 Å². The predicted molar refractivity (Wildman–Crippen MR) is 90.0 cm³/mol. The predicted octanol–water partition coefficient (Wildman–Crippen LogP) is 3.31. The quantitative estimate of drug-likeness (QED) is 0.895. The summed E-state index contributed by atoms with van der Waals surface area (Å²) in [7, 11) is 0. The fourth-order valence-corrected chi connectivity index (χ4v) is 3.58. The number of nitrogens with one attached hydrogen (secondary N) is 1. The zero-order valence-electron chi connectivity index (χ0n) is 13.4. The first-order valence-electron chi connectivity index (χ1n) is 8.21. The van der Waals surface area contributed by atoms with Crippen molar-refractivity contribution in [1.29, 1.82) is 0 Å². The highest BCUT2D eigenvalue weighted by Crippen LogP contribution is 2.26. The average molecular weight is 361 g/mol. The summed E-state index contributed by atoms with van der Waals surface area (Å²) in [6.07, 6.45) is 4.53. The Bertz CT molecular complexity index is 528. The number of amides is 1. The van der Waals surface area contributed by atoms with Gasteiger partial charge >= 0.3 is 6.61 Å². The molecule has 1 aromatic carbocycles. The van der Waals surface area contributed by atoms with E-state index in [1.807, 2.05) is 4.90 Å². The Labute approximate surface area is 147 Å². The molecule has 24 heavy (non-hydrogen) atoms. The number of hydrogen-bond donors (Lipinski definition) is 1. The van der Waals surface area contributed by atoms with Crippen LogP contribution < -0.4 is 10.1 Å². The van der Waals surface area contributed by atoms with Gasteiger partial charge in [0.25, 0.3) is 5.91 Å². The van der Waals surface area contributed by atoms with Crippen LogP contribution in [-0.2, 0) is 0 Å². The summed E-state index contributed by atoms with van der Waals surface area (Å²) in [6.45, 7) is -0.218. The molecular formula is C17H23ClF2N2O2. The maximum atomic E-state index is 12.5. The third-order valence-corrected chi connectivity index (χ3v) is 4.82. The van der Waals surface area contributed by atoms with Gasteiger partial charge in [-0.2, -0.15) is 8.78 Å². The van der Waals surface area contributed by atoms with Crippen LogP contribution in [0.25, 0.3) is 0 Å². The summed E-state index contributed by atoms with van der Waals surface area (Å²) in [5.74, 6) is 0.692. The zero-order valence-corrected chi connectivity index (χ0v) is 14.2. The Morgan fingerprint density at radius 2 is 1.83 bits per heavy atom. The SMILES string of the molecule is Cl.O=C(c1ccc(OC(F)F)cc1)N1CCC(C2CCCN2)CC1. The van der Waals surface area contributed by atoms with E-state index in [4.69, 9.17) is 0 Å². The van der Waals surface area contributed by atoms with E-state index in [1.54, 1.807) is 12.1 Å². The molecule has 0 spiro atoms. The van der Waals surface area contributed by atoms with Crippen molar-refractivity contribution in [3.05, 3.63) is 29.8 Å². The minimum atomic E-state index is -2.85. The number of benzene rings is 1. The highest BCUT2D eigenvalue weighted by molar-refractivity contribution is 5.94. The smallest absolute Gasteiger partial charge is 0.387 e. The molecule has 2 saturated heterocycles. The third-order valence-electron chi connectivity index (χ3n) is 4.82. The molecule has 2 fully saturated rings. The van der Waals surface area contributed by atoms with Gasteiger partial charge in [0.1, 0.15) is 5.75 Å². The van der Waals surface area contributed by atoms with Crippen molar-refractivity contribution in [3.63, 3.8) is 0 Å². The summed E-state index contributed by atoms with van der Waals surface area (Å²) < 4.78 is 28.6. The maximum absolute atomic E-state index is 12.5. The van der Waals surface area contributed by atoms with Gasteiger partial charge in [0, 0.05) is 24.7 Å². The van der Waals surface area contributed by atoms with E-state index in [1.165, 1.54) is 25.0 Å². The van der Waals surface area contributed by atoms with Crippen LogP contribution in [-0.4, -0.2) is 43.1 Å². The van der Waals surface area contributed by atoms with Crippen LogP contribution >= 0.6 is 12.4 Å². The number of nitrogens with zero attached hydrogens (tertiary/aromatic N) is 1. The second kappa shape index (κ2) is 8.62. The number of ether oxygens (including phenoxy) is 1. The van der Waals surface area contributed by atoms with Crippen LogP contribution in [0.15, 0.2) is 24.3 Å². The summed E-state index contributed by atoms with van der Waals surface area (Å²) in [5, 5.41) is 3.55. The standard InChI is InChI=1S/C17H22F2N2O2.ClH/c18-17(19)23-14-5-3-13(4-6-14)16(22)21-10-7-12(8-11-21)15-2-1-9-20-15;/h3-6,12,15,17,20H,1-2,7-11H2;1H. The molecule has 4 nitrogen and oxygen atoms in total. The van der Waals surface area contributed by atoms with E-state index in [-0.39, 0.29) is 24.1 Å². The van der Waals surface area contributed by atoms with Gasteiger partial charge in [-0.1, -0.05) is 0 Å². The molecule has 134 valence electrons. The molecule has 3 rings (SSSR count). The fourth-order valence-electron chi connectivity index (χ4n) is 3.58. The lowest BCUT2D eigenvalue weighted by Gasteiger charge is -2.35. The molecule has 1 N–H and O–H groups in total.